The number of benzene rings is 2. The van der Waals surface area contributed by atoms with Crippen molar-refractivity contribution in [1.29, 1.82) is 0 Å². The number of hydrogen-bond donors (Lipinski definition) is 0. The molecule has 2 aromatic rings. The Hall–Kier alpha value is -1.95. The number of nitrogens with zero attached hydrogens (tertiary/aromatic N) is 1. The fourth-order valence-corrected chi connectivity index (χ4v) is 3.95. The Morgan fingerprint density at radius 2 is 1.60 bits per heavy atom. The van der Waals surface area contributed by atoms with Crippen molar-refractivity contribution >= 4 is 46.7 Å². The summed E-state index contributed by atoms with van der Waals surface area (Å²) in [5.74, 6) is -0.0864. The van der Waals surface area contributed by atoms with Crippen LogP contribution in [-0.2, 0) is 20.7 Å². The first kappa shape index (κ1) is 22.7. The number of piperidine rings is 1. The van der Waals surface area contributed by atoms with Crippen LogP contribution in [0, 0.1) is 5.92 Å². The van der Waals surface area contributed by atoms with E-state index in [1.165, 1.54) is 17.7 Å². The minimum absolute atomic E-state index is 0.200. The molecule has 1 amide bonds. The predicted molar refractivity (Wildman–Crippen MR) is 117 cm³/mol. The molecule has 2 aromatic carbocycles. The van der Waals surface area contributed by atoms with Crippen LogP contribution in [-0.4, -0.2) is 43.1 Å². The second-order valence-electron chi connectivity index (χ2n) is 7.16. The van der Waals surface area contributed by atoms with E-state index in [1.54, 1.807) is 4.90 Å². The number of hydrogen-bond acceptors (Lipinski definition) is 4. The van der Waals surface area contributed by atoms with Crippen LogP contribution in [0.4, 0.5) is 0 Å². The van der Waals surface area contributed by atoms with Crippen LogP contribution >= 0.6 is 34.8 Å². The van der Waals surface area contributed by atoms with E-state index in [-0.39, 0.29) is 39.9 Å². The molecular formula is C22H22Cl3NO4. The molecule has 8 heteroatoms. The Kier molecular flexibility index (Phi) is 8.25. The van der Waals surface area contributed by atoms with E-state index >= 15 is 0 Å². The van der Waals surface area contributed by atoms with E-state index in [0.717, 1.165) is 19.3 Å². The third-order valence-corrected chi connectivity index (χ3v) is 6.03. The largest absolute Gasteiger partial charge is 0.480 e. The predicted octanol–water partition coefficient (Wildman–Crippen LogP) is 5.05. The number of carbonyl (C=O) groups is 2. The molecule has 1 aliphatic heterocycles. The molecule has 0 aromatic heterocycles. The molecule has 1 saturated heterocycles. The first-order valence-corrected chi connectivity index (χ1v) is 10.8. The highest BCUT2D eigenvalue weighted by Crippen LogP contribution is 2.33. The maximum absolute atomic E-state index is 12.3. The number of likely N-dealkylation sites (tertiary alicyclic amines) is 1. The second kappa shape index (κ2) is 10.9. The van der Waals surface area contributed by atoms with Gasteiger partial charge in [0, 0.05) is 19.2 Å². The van der Waals surface area contributed by atoms with Gasteiger partial charge in [-0.25, -0.2) is 4.79 Å². The van der Waals surface area contributed by atoms with Gasteiger partial charge < -0.3 is 14.4 Å². The lowest BCUT2D eigenvalue weighted by Gasteiger charge is -2.32. The Bertz CT molecular complexity index is 883. The molecule has 5 nitrogen and oxygen atoms in total. The summed E-state index contributed by atoms with van der Waals surface area (Å²) in [5.41, 5.74) is 1.32. The third kappa shape index (κ3) is 6.53. The highest BCUT2D eigenvalue weighted by molar-refractivity contribution is 6.43. The van der Waals surface area contributed by atoms with Crippen molar-refractivity contribution in [3.8, 4) is 5.75 Å². The molecular weight excluding hydrogens is 449 g/mol. The Labute approximate surface area is 190 Å². The van der Waals surface area contributed by atoms with E-state index < -0.39 is 5.97 Å². The Morgan fingerprint density at radius 3 is 2.30 bits per heavy atom. The Morgan fingerprint density at radius 1 is 0.933 bits per heavy atom. The number of amides is 1. The van der Waals surface area contributed by atoms with Crippen molar-refractivity contribution < 1.29 is 19.1 Å². The van der Waals surface area contributed by atoms with Gasteiger partial charge in [-0.15, -0.1) is 0 Å². The topological polar surface area (TPSA) is 55.8 Å². The molecule has 160 valence electrons. The zero-order chi connectivity index (χ0) is 21.5. The lowest BCUT2D eigenvalue weighted by atomic mass is 9.90. The van der Waals surface area contributed by atoms with Crippen molar-refractivity contribution in [2.45, 2.75) is 19.3 Å². The van der Waals surface area contributed by atoms with Gasteiger partial charge in [0.05, 0.1) is 15.1 Å². The lowest BCUT2D eigenvalue weighted by Crippen LogP contribution is -2.41. The van der Waals surface area contributed by atoms with E-state index in [9.17, 15) is 9.59 Å². The van der Waals surface area contributed by atoms with Crippen molar-refractivity contribution in [1.82, 2.24) is 4.90 Å². The number of rotatable bonds is 7. The molecule has 1 fully saturated rings. The fraction of sp³-hybridized carbons (Fsp3) is 0.364. The van der Waals surface area contributed by atoms with Gasteiger partial charge in [-0.1, -0.05) is 65.1 Å². The molecule has 0 aliphatic carbocycles. The summed E-state index contributed by atoms with van der Waals surface area (Å²) < 4.78 is 10.3. The molecule has 30 heavy (non-hydrogen) atoms. The van der Waals surface area contributed by atoms with E-state index in [2.05, 4.69) is 12.1 Å². The maximum atomic E-state index is 12.3. The molecule has 0 radical (unpaired) electrons. The lowest BCUT2D eigenvalue weighted by molar-refractivity contribution is -0.154. The van der Waals surface area contributed by atoms with Gasteiger partial charge in [-0.05, 0) is 36.8 Å². The normalized spacial score (nSPS) is 14.4. The zero-order valence-electron chi connectivity index (χ0n) is 16.3. The van der Waals surface area contributed by atoms with Crippen molar-refractivity contribution in [3.05, 3.63) is 63.1 Å². The molecule has 3 rings (SSSR count). The van der Waals surface area contributed by atoms with Crippen molar-refractivity contribution in [3.63, 3.8) is 0 Å². The number of halogens is 3. The summed E-state index contributed by atoms with van der Waals surface area (Å²) in [7, 11) is 0. The summed E-state index contributed by atoms with van der Waals surface area (Å²) in [6, 6.07) is 13.2. The average molecular weight is 471 g/mol. The molecule has 0 unspecified atom stereocenters. The quantitative estimate of drug-likeness (QED) is 0.420. The van der Waals surface area contributed by atoms with Gasteiger partial charge in [-0.3, -0.25) is 4.79 Å². The molecule has 0 spiro atoms. The van der Waals surface area contributed by atoms with Gasteiger partial charge in [-0.2, -0.15) is 0 Å². The van der Waals surface area contributed by atoms with Gasteiger partial charge in [0.2, 0.25) is 0 Å². The summed E-state index contributed by atoms with van der Waals surface area (Å²) in [5, 5.41) is 0.775. The molecule has 1 aliphatic rings. The summed E-state index contributed by atoms with van der Waals surface area (Å²) >= 11 is 17.8. The Balaban J connectivity index is 1.37. The SMILES string of the molecule is O=C(COc1cc(Cl)c(Cl)cc1Cl)OCC(=O)N1CCC(Cc2ccccc2)CC1. The van der Waals surface area contributed by atoms with Gasteiger partial charge >= 0.3 is 5.97 Å². The first-order chi connectivity index (χ1) is 14.4. The van der Waals surface area contributed by atoms with Crippen molar-refractivity contribution in [2.75, 3.05) is 26.3 Å². The number of ether oxygens (including phenoxy) is 2. The van der Waals surface area contributed by atoms with E-state index in [0.29, 0.717) is 19.0 Å². The molecule has 1 heterocycles. The number of carbonyl (C=O) groups excluding carboxylic acids is 2. The van der Waals surface area contributed by atoms with E-state index in [1.807, 2.05) is 18.2 Å². The zero-order valence-corrected chi connectivity index (χ0v) is 18.6. The van der Waals surface area contributed by atoms with Gasteiger partial charge in [0.15, 0.2) is 13.2 Å². The van der Waals surface area contributed by atoms with Crippen molar-refractivity contribution in [2.24, 2.45) is 5.92 Å². The monoisotopic (exact) mass is 469 g/mol. The summed E-state index contributed by atoms with van der Waals surface area (Å²) in [6.45, 7) is 0.650. The van der Waals surface area contributed by atoms with Crippen LogP contribution in [0.25, 0.3) is 0 Å². The minimum atomic E-state index is -0.663. The molecule has 0 atom stereocenters. The molecule has 0 saturated carbocycles. The average Bonchev–Trinajstić information content (AvgIpc) is 2.75. The molecule has 0 N–H and O–H groups in total. The smallest absolute Gasteiger partial charge is 0.344 e. The van der Waals surface area contributed by atoms with Gasteiger partial charge in [0.25, 0.3) is 5.91 Å². The standard InChI is InChI=1S/C22H22Cl3NO4/c23-17-11-19(25)20(12-18(17)24)29-14-22(28)30-13-21(27)26-8-6-16(7-9-26)10-15-4-2-1-3-5-15/h1-5,11-12,16H,6-10,13-14H2. The maximum Gasteiger partial charge on any atom is 0.344 e. The van der Waals surface area contributed by atoms with Crippen LogP contribution in [0.15, 0.2) is 42.5 Å². The van der Waals surface area contributed by atoms with Crippen LogP contribution < -0.4 is 4.74 Å². The van der Waals surface area contributed by atoms with Crippen LogP contribution in [0.2, 0.25) is 15.1 Å². The fourth-order valence-electron chi connectivity index (χ4n) is 3.36. The second-order valence-corrected chi connectivity index (χ2v) is 8.38. The molecule has 0 bridgehead atoms. The number of esters is 1. The van der Waals surface area contributed by atoms with Gasteiger partial charge in [0.1, 0.15) is 5.75 Å². The van der Waals surface area contributed by atoms with Crippen LogP contribution in [0.1, 0.15) is 18.4 Å². The highest BCUT2D eigenvalue weighted by atomic mass is 35.5. The summed E-state index contributed by atoms with van der Waals surface area (Å²) in [4.78, 5) is 26.0. The highest BCUT2D eigenvalue weighted by Gasteiger charge is 2.23. The third-order valence-electron chi connectivity index (χ3n) is 5.01. The first-order valence-electron chi connectivity index (χ1n) is 9.67. The van der Waals surface area contributed by atoms with Crippen LogP contribution in [0.5, 0.6) is 5.75 Å². The minimum Gasteiger partial charge on any atom is -0.480 e. The van der Waals surface area contributed by atoms with E-state index in [4.69, 9.17) is 44.3 Å². The van der Waals surface area contributed by atoms with Crippen LogP contribution in [0.3, 0.4) is 0 Å². The summed E-state index contributed by atoms with van der Waals surface area (Å²) in [6.07, 6.45) is 2.90.